The predicted molar refractivity (Wildman–Crippen MR) is 42.5 cm³/mol. The van der Waals surface area contributed by atoms with E-state index in [1.807, 2.05) is 0 Å². The van der Waals surface area contributed by atoms with Crippen LogP contribution >= 0.6 is 15.9 Å². The van der Waals surface area contributed by atoms with Crippen LogP contribution in [0, 0.1) is 6.92 Å². The topological polar surface area (TPSA) is 0 Å². The van der Waals surface area contributed by atoms with Crippen LogP contribution < -0.4 is 0 Å². The summed E-state index contributed by atoms with van der Waals surface area (Å²) in [7, 11) is 0. The number of halogens is 4. The number of benzene rings is 1. The molecule has 0 unspecified atom stereocenters. The molecule has 4 heteroatoms. The van der Waals surface area contributed by atoms with Crippen LogP contribution in [0.25, 0.3) is 0 Å². The Hall–Kier alpha value is -0.510. The maximum absolute atomic E-state index is 12.1. The van der Waals surface area contributed by atoms with Gasteiger partial charge in [0.25, 0.3) is 0 Å². The Bertz CT molecular complexity index is 291. The lowest BCUT2D eigenvalue weighted by molar-refractivity contribution is -0.138. The van der Waals surface area contributed by atoms with E-state index in [9.17, 15) is 13.2 Å². The third-order valence-corrected chi connectivity index (χ3v) is 1.99. The average molecular weight is 237 g/mol. The zero-order chi connectivity index (χ0) is 9.35. The van der Waals surface area contributed by atoms with Crippen molar-refractivity contribution in [1.29, 1.82) is 0 Å². The fourth-order valence-corrected chi connectivity index (χ4v) is 1.23. The van der Waals surface area contributed by atoms with Gasteiger partial charge >= 0.3 is 6.18 Å². The summed E-state index contributed by atoms with van der Waals surface area (Å²) in [4.78, 5) is 0. The highest BCUT2D eigenvalue weighted by Crippen LogP contribution is 2.34. The first-order chi connectivity index (χ1) is 5.41. The Morgan fingerprint density at radius 1 is 1.25 bits per heavy atom. The highest BCUT2D eigenvalue weighted by molar-refractivity contribution is 9.10. The van der Waals surface area contributed by atoms with E-state index in [-0.39, 0.29) is 10.0 Å². The van der Waals surface area contributed by atoms with Crippen LogP contribution in [0.4, 0.5) is 13.2 Å². The number of rotatable bonds is 0. The van der Waals surface area contributed by atoms with Gasteiger partial charge < -0.3 is 0 Å². The largest absolute Gasteiger partial charge is 0.417 e. The summed E-state index contributed by atoms with van der Waals surface area (Å²) < 4.78 is 36.4. The Labute approximate surface area is 76.5 Å². The Kier molecular flexibility index (Phi) is 2.46. The van der Waals surface area contributed by atoms with Crippen molar-refractivity contribution in [3.05, 3.63) is 40.7 Å². The van der Waals surface area contributed by atoms with E-state index < -0.39 is 11.7 Å². The van der Waals surface area contributed by atoms with Crippen molar-refractivity contribution in [3.63, 3.8) is 0 Å². The van der Waals surface area contributed by atoms with Crippen molar-refractivity contribution in [2.75, 3.05) is 0 Å². The lowest BCUT2D eigenvalue weighted by atomic mass is 10.1. The molecule has 2 radical (unpaired) electrons. The molecule has 1 aromatic rings. The van der Waals surface area contributed by atoms with E-state index in [0.717, 1.165) is 6.07 Å². The van der Waals surface area contributed by atoms with Crippen molar-refractivity contribution < 1.29 is 13.2 Å². The van der Waals surface area contributed by atoms with Crippen LogP contribution in [0.1, 0.15) is 11.1 Å². The second kappa shape index (κ2) is 3.09. The Balaban J connectivity index is 3.23. The maximum atomic E-state index is 12.1. The molecule has 0 N–H and O–H groups in total. The zero-order valence-electron chi connectivity index (χ0n) is 5.82. The first-order valence-electron chi connectivity index (χ1n) is 3.03. The second-order valence-corrected chi connectivity index (χ2v) is 3.09. The molecule has 0 saturated carbocycles. The van der Waals surface area contributed by atoms with E-state index in [0.29, 0.717) is 0 Å². The summed E-state index contributed by atoms with van der Waals surface area (Å²) in [5, 5.41) is 0. The minimum atomic E-state index is -4.35. The highest BCUT2D eigenvalue weighted by atomic mass is 79.9. The molecule has 0 heterocycles. The van der Waals surface area contributed by atoms with Crippen LogP contribution in [0.15, 0.2) is 22.7 Å². The Morgan fingerprint density at radius 2 is 1.83 bits per heavy atom. The zero-order valence-corrected chi connectivity index (χ0v) is 7.41. The molecule has 0 aliphatic rings. The molecule has 0 amide bonds. The lowest BCUT2D eigenvalue weighted by Gasteiger charge is -2.08. The molecule has 0 aromatic heterocycles. The van der Waals surface area contributed by atoms with Gasteiger partial charge in [-0.15, -0.1) is 0 Å². The van der Waals surface area contributed by atoms with Crippen molar-refractivity contribution >= 4 is 15.9 Å². The van der Waals surface area contributed by atoms with Gasteiger partial charge in [-0.2, -0.15) is 13.2 Å². The van der Waals surface area contributed by atoms with Gasteiger partial charge in [0.15, 0.2) is 0 Å². The molecule has 64 valence electrons. The van der Waals surface area contributed by atoms with Crippen LogP contribution in [-0.4, -0.2) is 0 Å². The average Bonchev–Trinajstić information content (AvgIpc) is 1.92. The molecule has 0 atom stereocenters. The maximum Gasteiger partial charge on any atom is 0.417 e. The summed E-state index contributed by atoms with van der Waals surface area (Å²) in [5.41, 5.74) is -0.645. The first-order valence-corrected chi connectivity index (χ1v) is 3.83. The standard InChI is InChI=1S/C8H4BrF3/c1-5-2-3-7(9)6(4-5)8(10,11)12/h1-4H. The molecular formula is C8H4BrF3. The van der Waals surface area contributed by atoms with Gasteiger partial charge in [0.2, 0.25) is 0 Å². The predicted octanol–water partition coefficient (Wildman–Crippen LogP) is 3.53. The van der Waals surface area contributed by atoms with E-state index >= 15 is 0 Å². The highest BCUT2D eigenvalue weighted by Gasteiger charge is 2.32. The van der Waals surface area contributed by atoms with E-state index in [1.54, 1.807) is 0 Å². The molecule has 0 spiro atoms. The van der Waals surface area contributed by atoms with Crippen molar-refractivity contribution in [3.8, 4) is 0 Å². The van der Waals surface area contributed by atoms with Crippen LogP contribution in [-0.2, 0) is 6.18 Å². The van der Waals surface area contributed by atoms with Crippen molar-refractivity contribution in [2.24, 2.45) is 0 Å². The summed E-state index contributed by atoms with van der Waals surface area (Å²) in [5.74, 6) is 0. The minimum absolute atomic E-state index is 0.00389. The normalized spacial score (nSPS) is 11.8. The molecule has 0 fully saturated rings. The van der Waals surface area contributed by atoms with Gasteiger partial charge in [-0.25, -0.2) is 0 Å². The van der Waals surface area contributed by atoms with Gasteiger partial charge in [-0.05, 0) is 24.6 Å². The minimum Gasteiger partial charge on any atom is -0.166 e. The van der Waals surface area contributed by atoms with Crippen LogP contribution in [0.2, 0.25) is 0 Å². The summed E-state index contributed by atoms with van der Waals surface area (Å²) in [6.07, 6.45) is -4.35. The number of alkyl halides is 3. The summed E-state index contributed by atoms with van der Waals surface area (Å²) in [6.45, 7) is 5.20. The molecule has 1 rings (SSSR count). The molecule has 0 saturated heterocycles. The van der Waals surface area contributed by atoms with Crippen molar-refractivity contribution in [2.45, 2.75) is 6.18 Å². The van der Waals surface area contributed by atoms with Gasteiger partial charge in [0.1, 0.15) is 0 Å². The molecule has 0 aliphatic carbocycles. The fraction of sp³-hybridized carbons (Fsp3) is 0.125. The molecule has 12 heavy (non-hydrogen) atoms. The Morgan fingerprint density at radius 3 is 2.25 bits per heavy atom. The van der Waals surface area contributed by atoms with E-state index in [2.05, 4.69) is 15.9 Å². The van der Waals surface area contributed by atoms with Crippen LogP contribution in [0.3, 0.4) is 0 Å². The smallest absolute Gasteiger partial charge is 0.166 e. The van der Waals surface area contributed by atoms with Crippen molar-refractivity contribution in [1.82, 2.24) is 0 Å². The molecular weight excluding hydrogens is 233 g/mol. The van der Waals surface area contributed by atoms with Gasteiger partial charge in [-0.3, -0.25) is 0 Å². The summed E-state index contributed by atoms with van der Waals surface area (Å²) >= 11 is 2.79. The monoisotopic (exact) mass is 236 g/mol. The first kappa shape index (κ1) is 9.58. The summed E-state index contributed by atoms with van der Waals surface area (Å²) in [6, 6.07) is 3.57. The number of hydrogen-bond acceptors (Lipinski definition) is 0. The fourth-order valence-electron chi connectivity index (χ4n) is 0.760. The number of hydrogen-bond donors (Lipinski definition) is 0. The van der Waals surface area contributed by atoms with E-state index in [1.165, 1.54) is 12.1 Å². The van der Waals surface area contributed by atoms with Gasteiger partial charge in [0.05, 0.1) is 5.56 Å². The SMILES string of the molecule is [CH]c1ccc(Br)c(C(F)(F)F)c1. The molecule has 0 nitrogen and oxygen atoms in total. The molecule has 1 aromatic carbocycles. The second-order valence-electron chi connectivity index (χ2n) is 2.24. The van der Waals surface area contributed by atoms with E-state index in [4.69, 9.17) is 6.92 Å². The third-order valence-electron chi connectivity index (χ3n) is 1.30. The third kappa shape index (κ3) is 2.00. The van der Waals surface area contributed by atoms with Gasteiger partial charge in [0, 0.05) is 4.47 Å². The van der Waals surface area contributed by atoms with Gasteiger partial charge in [-0.1, -0.05) is 22.0 Å². The lowest BCUT2D eigenvalue weighted by Crippen LogP contribution is -2.05. The molecule has 0 aliphatic heterocycles. The van der Waals surface area contributed by atoms with Crippen LogP contribution in [0.5, 0.6) is 0 Å². The quantitative estimate of drug-likeness (QED) is 0.647. The molecule has 0 bridgehead atoms.